The summed E-state index contributed by atoms with van der Waals surface area (Å²) >= 11 is 0. The van der Waals surface area contributed by atoms with Crippen LogP contribution in [0.4, 0.5) is 10.1 Å². The minimum absolute atomic E-state index is 0.0306. The van der Waals surface area contributed by atoms with Crippen molar-refractivity contribution >= 4 is 17.5 Å². The number of benzene rings is 1. The summed E-state index contributed by atoms with van der Waals surface area (Å²) in [4.78, 5) is 31.1. The lowest BCUT2D eigenvalue weighted by atomic mass is 10.1. The van der Waals surface area contributed by atoms with Crippen molar-refractivity contribution in [1.29, 1.82) is 0 Å². The zero-order valence-electron chi connectivity index (χ0n) is 17.9. The molecule has 1 aromatic heterocycles. The predicted octanol–water partition coefficient (Wildman–Crippen LogP) is 2.95. The molecule has 3 aliphatic heterocycles. The number of amides is 2. The monoisotopic (exact) mass is 441 g/mol. The number of fused-ring (bicyclic) bond motifs is 3. The molecule has 3 aliphatic rings. The molecule has 2 aromatic rings. The smallest absolute Gasteiger partial charge is 0.262 e. The predicted molar refractivity (Wildman–Crippen MR) is 113 cm³/mol. The second-order valence-electron chi connectivity index (χ2n) is 8.54. The van der Waals surface area contributed by atoms with Crippen LogP contribution < -0.4 is 19.5 Å². The van der Waals surface area contributed by atoms with Gasteiger partial charge in [0.05, 0.1) is 24.4 Å². The number of nitrogens with zero attached hydrogens (tertiary/aromatic N) is 2. The van der Waals surface area contributed by atoms with Gasteiger partial charge in [0.25, 0.3) is 5.91 Å². The molecular formula is C23H24FN3O5. The highest BCUT2D eigenvalue weighted by Crippen LogP contribution is 2.38. The van der Waals surface area contributed by atoms with Crippen LogP contribution in [0.25, 0.3) is 0 Å². The molecule has 5 rings (SSSR count). The Morgan fingerprint density at radius 2 is 2.12 bits per heavy atom. The highest BCUT2D eigenvalue weighted by molar-refractivity contribution is 6.00. The van der Waals surface area contributed by atoms with Crippen LogP contribution in [0.5, 0.6) is 17.4 Å². The molecule has 0 saturated carbocycles. The fourth-order valence-corrected chi connectivity index (χ4v) is 4.38. The number of halogens is 1. The van der Waals surface area contributed by atoms with E-state index in [-0.39, 0.29) is 48.0 Å². The van der Waals surface area contributed by atoms with Crippen LogP contribution in [-0.2, 0) is 11.2 Å². The Morgan fingerprint density at radius 1 is 1.28 bits per heavy atom. The number of carbonyl (C=O) groups is 2. The van der Waals surface area contributed by atoms with Crippen LogP contribution in [0.3, 0.4) is 0 Å². The maximum Gasteiger partial charge on any atom is 0.262 e. The first-order valence-corrected chi connectivity index (χ1v) is 10.8. The van der Waals surface area contributed by atoms with Crippen LogP contribution in [0, 0.1) is 5.82 Å². The molecule has 1 N–H and O–H groups in total. The molecule has 4 heterocycles. The Bertz CT molecular complexity index is 1090. The summed E-state index contributed by atoms with van der Waals surface area (Å²) in [6.45, 7) is 4.14. The molecule has 2 amide bonds. The normalized spacial score (nSPS) is 21.8. The molecule has 0 unspecified atom stereocenters. The summed E-state index contributed by atoms with van der Waals surface area (Å²) in [5.41, 5.74) is 1.78. The second kappa shape index (κ2) is 7.96. The Morgan fingerprint density at radius 3 is 2.94 bits per heavy atom. The highest BCUT2D eigenvalue weighted by atomic mass is 19.1. The third-order valence-corrected chi connectivity index (χ3v) is 5.85. The number of ether oxygens (including phenoxy) is 3. The number of hydrogen-bond acceptors (Lipinski definition) is 6. The molecule has 9 heteroatoms. The Balaban J connectivity index is 1.36. The van der Waals surface area contributed by atoms with E-state index in [1.807, 2.05) is 0 Å². The molecule has 0 bridgehead atoms. The van der Waals surface area contributed by atoms with Crippen molar-refractivity contribution in [3.8, 4) is 17.4 Å². The van der Waals surface area contributed by atoms with Crippen molar-refractivity contribution in [2.45, 2.75) is 51.4 Å². The summed E-state index contributed by atoms with van der Waals surface area (Å²) in [5, 5.41) is 2.84. The van der Waals surface area contributed by atoms with Gasteiger partial charge in [0.2, 0.25) is 11.8 Å². The van der Waals surface area contributed by atoms with Crippen LogP contribution in [0.2, 0.25) is 0 Å². The summed E-state index contributed by atoms with van der Waals surface area (Å²) in [5.74, 6) is -0.339. The fourth-order valence-electron chi connectivity index (χ4n) is 4.38. The number of rotatable bonds is 4. The Kier molecular flexibility index (Phi) is 5.11. The molecule has 168 valence electrons. The summed E-state index contributed by atoms with van der Waals surface area (Å²) in [7, 11) is 0. The first kappa shape index (κ1) is 20.5. The number of hydrogen-bond donors (Lipinski definition) is 1. The van der Waals surface area contributed by atoms with Crippen LogP contribution in [0.1, 0.15) is 42.6 Å². The quantitative estimate of drug-likeness (QED) is 0.785. The molecule has 0 aliphatic carbocycles. The maximum absolute atomic E-state index is 14.5. The van der Waals surface area contributed by atoms with Gasteiger partial charge in [-0.2, -0.15) is 0 Å². The average Bonchev–Trinajstić information content (AvgIpc) is 3.10. The van der Waals surface area contributed by atoms with Crippen molar-refractivity contribution in [2.75, 3.05) is 18.5 Å². The average molecular weight is 441 g/mol. The maximum atomic E-state index is 14.5. The number of anilines is 1. The zero-order chi connectivity index (χ0) is 22.4. The number of aryl methyl sites for hydroxylation is 1. The van der Waals surface area contributed by atoms with Crippen molar-refractivity contribution < 1.29 is 28.2 Å². The third-order valence-electron chi connectivity index (χ3n) is 5.85. The van der Waals surface area contributed by atoms with Gasteiger partial charge in [-0.15, -0.1) is 0 Å². The number of aromatic nitrogens is 1. The lowest BCUT2D eigenvalue weighted by Gasteiger charge is -2.22. The molecule has 0 spiro atoms. The van der Waals surface area contributed by atoms with E-state index in [0.29, 0.717) is 43.1 Å². The minimum Gasteiger partial charge on any atom is -0.490 e. The number of carbonyl (C=O) groups excluding carboxylic acids is 2. The van der Waals surface area contributed by atoms with Gasteiger partial charge in [-0.3, -0.25) is 9.59 Å². The third kappa shape index (κ3) is 3.72. The van der Waals surface area contributed by atoms with Crippen molar-refractivity contribution in [3.63, 3.8) is 0 Å². The fraction of sp³-hybridized carbons (Fsp3) is 0.435. The van der Waals surface area contributed by atoms with E-state index < -0.39 is 5.82 Å². The molecule has 1 saturated heterocycles. The first-order valence-electron chi connectivity index (χ1n) is 10.8. The lowest BCUT2D eigenvalue weighted by molar-refractivity contribution is -0.116. The van der Waals surface area contributed by atoms with E-state index in [2.05, 4.69) is 10.3 Å². The molecule has 1 fully saturated rings. The van der Waals surface area contributed by atoms with Crippen LogP contribution in [0.15, 0.2) is 24.4 Å². The van der Waals surface area contributed by atoms with Gasteiger partial charge in [0.15, 0.2) is 11.6 Å². The van der Waals surface area contributed by atoms with Gasteiger partial charge in [-0.1, -0.05) is 0 Å². The Labute approximate surface area is 184 Å². The van der Waals surface area contributed by atoms with E-state index >= 15 is 0 Å². The second-order valence-corrected chi connectivity index (χ2v) is 8.54. The van der Waals surface area contributed by atoms with E-state index in [1.165, 1.54) is 12.1 Å². The van der Waals surface area contributed by atoms with E-state index in [0.717, 1.165) is 5.56 Å². The molecular weight excluding hydrogens is 417 g/mol. The van der Waals surface area contributed by atoms with Crippen molar-refractivity contribution in [1.82, 2.24) is 9.88 Å². The van der Waals surface area contributed by atoms with E-state index in [9.17, 15) is 14.0 Å². The first-order chi connectivity index (χ1) is 15.4. The Hall–Kier alpha value is -3.36. The molecule has 32 heavy (non-hydrogen) atoms. The minimum atomic E-state index is -0.597. The van der Waals surface area contributed by atoms with Gasteiger partial charge in [0.1, 0.15) is 24.0 Å². The summed E-state index contributed by atoms with van der Waals surface area (Å²) in [6, 6.07) is 4.23. The van der Waals surface area contributed by atoms with Gasteiger partial charge in [-0.05, 0) is 38.0 Å². The molecule has 0 radical (unpaired) electrons. The molecule has 2 atom stereocenters. The van der Waals surface area contributed by atoms with Gasteiger partial charge >= 0.3 is 0 Å². The van der Waals surface area contributed by atoms with Crippen LogP contribution >= 0.6 is 0 Å². The van der Waals surface area contributed by atoms with E-state index in [4.69, 9.17) is 14.2 Å². The SMILES string of the molecule is CC(C)Oc1c(F)ccc2c1C(=O)N1C[C@@H](Oc3cc4c(cn3)CCC(=O)N4)C[C@@H]1CO2. The van der Waals surface area contributed by atoms with Crippen molar-refractivity contribution in [3.05, 3.63) is 41.3 Å². The largest absolute Gasteiger partial charge is 0.490 e. The zero-order valence-corrected chi connectivity index (χ0v) is 17.9. The van der Waals surface area contributed by atoms with E-state index in [1.54, 1.807) is 31.0 Å². The summed E-state index contributed by atoms with van der Waals surface area (Å²) in [6.07, 6.45) is 2.75. The number of pyridine rings is 1. The van der Waals surface area contributed by atoms with Gasteiger partial charge in [0, 0.05) is 25.1 Å². The molecule has 8 nitrogen and oxygen atoms in total. The number of nitrogens with one attached hydrogen (secondary N) is 1. The van der Waals surface area contributed by atoms with Crippen LogP contribution in [-0.4, -0.2) is 53.1 Å². The summed E-state index contributed by atoms with van der Waals surface area (Å²) < 4.78 is 32.0. The van der Waals surface area contributed by atoms with Gasteiger partial charge < -0.3 is 24.4 Å². The topological polar surface area (TPSA) is 90.0 Å². The standard InChI is InChI=1S/C23H24FN3O5/c1-12(2)31-22-16(24)4-5-18-21(22)23(29)27-10-15(7-14(27)11-30-18)32-20-8-17-13(9-25-20)3-6-19(28)26-17/h4-5,8-9,12,14-15H,3,6-7,10-11H2,1-2H3,(H,26,28)/t14-,15+/m1/s1. The van der Waals surface area contributed by atoms with Gasteiger partial charge in [-0.25, -0.2) is 9.37 Å². The lowest BCUT2D eigenvalue weighted by Crippen LogP contribution is -2.37. The molecule has 1 aromatic carbocycles. The van der Waals surface area contributed by atoms with Crippen molar-refractivity contribution in [2.24, 2.45) is 0 Å². The highest BCUT2D eigenvalue weighted by Gasteiger charge is 2.42.